The standard InChI is InChI=1S/C20H19N3O4S2/c24-16(23-20(26)27-12-6-2-1-3-7-12)13-10-11-28-18(13)22-17(25)19-21-14-8-4-5-9-15(14)29-19/h4-5,8-12H,1-3,6-7H2,(H,22,25)(H,23,24,26). The number of aromatic nitrogens is 1. The van der Waals surface area contributed by atoms with E-state index in [0.717, 1.165) is 42.3 Å². The summed E-state index contributed by atoms with van der Waals surface area (Å²) < 4.78 is 6.23. The zero-order valence-corrected chi connectivity index (χ0v) is 17.1. The Morgan fingerprint density at radius 3 is 2.62 bits per heavy atom. The van der Waals surface area contributed by atoms with Gasteiger partial charge in [0, 0.05) is 0 Å². The average Bonchev–Trinajstić information content (AvgIpc) is 3.35. The highest BCUT2D eigenvalue weighted by Gasteiger charge is 2.22. The number of ether oxygens (including phenoxy) is 1. The molecule has 1 aliphatic carbocycles. The van der Waals surface area contributed by atoms with E-state index in [0.29, 0.717) is 10.0 Å². The molecular weight excluding hydrogens is 410 g/mol. The van der Waals surface area contributed by atoms with Crippen molar-refractivity contribution in [3.05, 3.63) is 46.3 Å². The summed E-state index contributed by atoms with van der Waals surface area (Å²) in [6.07, 6.45) is 3.95. The predicted molar refractivity (Wildman–Crippen MR) is 113 cm³/mol. The molecule has 0 unspecified atom stereocenters. The number of thiazole rings is 1. The number of amides is 3. The summed E-state index contributed by atoms with van der Waals surface area (Å²) >= 11 is 2.48. The van der Waals surface area contributed by atoms with Crippen molar-refractivity contribution >= 4 is 55.8 Å². The highest BCUT2D eigenvalue weighted by Crippen LogP contribution is 2.27. The number of rotatable bonds is 4. The highest BCUT2D eigenvalue weighted by atomic mass is 32.1. The first-order valence-electron chi connectivity index (χ1n) is 9.36. The first kappa shape index (κ1) is 19.5. The Kier molecular flexibility index (Phi) is 5.86. The quantitative estimate of drug-likeness (QED) is 0.620. The summed E-state index contributed by atoms with van der Waals surface area (Å²) in [7, 11) is 0. The molecule has 3 amide bonds. The van der Waals surface area contributed by atoms with Gasteiger partial charge in [-0.25, -0.2) is 9.78 Å². The lowest BCUT2D eigenvalue weighted by molar-refractivity contribution is 0.0695. The molecular formula is C20H19N3O4S2. The van der Waals surface area contributed by atoms with Crippen LogP contribution >= 0.6 is 22.7 Å². The Hall–Kier alpha value is -2.78. The number of nitrogens with zero attached hydrogens (tertiary/aromatic N) is 1. The highest BCUT2D eigenvalue weighted by molar-refractivity contribution is 7.20. The topological polar surface area (TPSA) is 97.4 Å². The molecule has 2 heterocycles. The van der Waals surface area contributed by atoms with Crippen LogP contribution in [0.2, 0.25) is 0 Å². The fourth-order valence-electron chi connectivity index (χ4n) is 3.23. The zero-order chi connectivity index (χ0) is 20.2. The van der Waals surface area contributed by atoms with Crippen LogP contribution in [0.15, 0.2) is 35.7 Å². The number of alkyl carbamates (subject to hydrolysis) is 1. The fourth-order valence-corrected chi connectivity index (χ4v) is 4.88. The fraction of sp³-hybridized carbons (Fsp3) is 0.300. The number of carbonyl (C=O) groups excluding carboxylic acids is 3. The Labute approximate surface area is 175 Å². The van der Waals surface area contributed by atoms with Gasteiger partial charge in [-0.1, -0.05) is 18.6 Å². The second kappa shape index (κ2) is 8.71. The molecule has 2 aromatic heterocycles. The third-order valence-electron chi connectivity index (χ3n) is 4.67. The van der Waals surface area contributed by atoms with Crippen molar-refractivity contribution < 1.29 is 19.1 Å². The molecule has 0 bridgehead atoms. The van der Waals surface area contributed by atoms with E-state index in [4.69, 9.17) is 4.74 Å². The summed E-state index contributed by atoms with van der Waals surface area (Å²) in [6.45, 7) is 0. The smallest absolute Gasteiger partial charge is 0.414 e. The SMILES string of the molecule is O=C(NC(=O)c1ccsc1NC(=O)c1nc2ccccc2s1)OC1CCCCC1. The van der Waals surface area contributed by atoms with Gasteiger partial charge in [0.2, 0.25) is 0 Å². The number of para-hydroxylation sites is 1. The number of carbonyl (C=O) groups is 3. The van der Waals surface area contributed by atoms with Gasteiger partial charge in [-0.3, -0.25) is 14.9 Å². The van der Waals surface area contributed by atoms with Crippen molar-refractivity contribution in [3.63, 3.8) is 0 Å². The molecule has 3 aromatic rings. The summed E-state index contributed by atoms with van der Waals surface area (Å²) in [5, 5.41) is 7.31. The minimum atomic E-state index is -0.753. The molecule has 9 heteroatoms. The predicted octanol–water partition coefficient (Wildman–Crippen LogP) is 4.81. The molecule has 1 aliphatic rings. The molecule has 1 aromatic carbocycles. The summed E-state index contributed by atoms with van der Waals surface area (Å²) in [5.41, 5.74) is 0.960. The number of anilines is 1. The molecule has 0 saturated heterocycles. The van der Waals surface area contributed by atoms with Crippen LogP contribution < -0.4 is 10.6 Å². The van der Waals surface area contributed by atoms with E-state index in [1.54, 1.807) is 11.4 Å². The number of thiophene rings is 1. The maximum atomic E-state index is 12.6. The summed E-state index contributed by atoms with van der Waals surface area (Å²) in [6, 6.07) is 9.03. The van der Waals surface area contributed by atoms with Crippen molar-refractivity contribution in [2.75, 3.05) is 5.32 Å². The van der Waals surface area contributed by atoms with Crippen molar-refractivity contribution in [3.8, 4) is 0 Å². The average molecular weight is 430 g/mol. The van der Waals surface area contributed by atoms with Crippen molar-refractivity contribution in [2.45, 2.75) is 38.2 Å². The van der Waals surface area contributed by atoms with E-state index < -0.39 is 17.9 Å². The van der Waals surface area contributed by atoms with Crippen LogP contribution in [0, 0.1) is 0 Å². The van der Waals surface area contributed by atoms with Crippen molar-refractivity contribution in [1.29, 1.82) is 0 Å². The minimum absolute atomic E-state index is 0.141. The summed E-state index contributed by atoms with van der Waals surface area (Å²) in [4.78, 5) is 41.4. The number of nitrogens with one attached hydrogen (secondary N) is 2. The maximum absolute atomic E-state index is 12.6. The van der Waals surface area contributed by atoms with Crippen LogP contribution in [-0.2, 0) is 4.74 Å². The van der Waals surface area contributed by atoms with Gasteiger partial charge in [0.1, 0.15) is 11.1 Å². The van der Waals surface area contributed by atoms with Gasteiger partial charge in [0.25, 0.3) is 11.8 Å². The molecule has 2 N–H and O–H groups in total. The number of fused-ring (bicyclic) bond motifs is 1. The normalized spacial score (nSPS) is 14.5. The Morgan fingerprint density at radius 1 is 1.03 bits per heavy atom. The number of benzene rings is 1. The van der Waals surface area contributed by atoms with Crippen LogP contribution in [0.25, 0.3) is 10.2 Å². The molecule has 4 rings (SSSR count). The van der Waals surface area contributed by atoms with Crippen LogP contribution in [0.5, 0.6) is 0 Å². The van der Waals surface area contributed by atoms with Crippen molar-refractivity contribution in [2.24, 2.45) is 0 Å². The molecule has 0 aliphatic heterocycles. The molecule has 7 nitrogen and oxygen atoms in total. The first-order valence-corrected chi connectivity index (χ1v) is 11.1. The Morgan fingerprint density at radius 2 is 1.83 bits per heavy atom. The lowest BCUT2D eigenvalue weighted by atomic mass is 9.98. The number of hydrogen-bond acceptors (Lipinski definition) is 7. The van der Waals surface area contributed by atoms with E-state index in [2.05, 4.69) is 15.6 Å². The molecule has 0 spiro atoms. The monoisotopic (exact) mass is 429 g/mol. The first-order chi connectivity index (χ1) is 14.1. The number of imide groups is 1. The van der Waals surface area contributed by atoms with E-state index in [1.807, 2.05) is 24.3 Å². The second-order valence-electron chi connectivity index (χ2n) is 6.72. The molecule has 0 atom stereocenters. The van der Waals surface area contributed by atoms with Crippen molar-refractivity contribution in [1.82, 2.24) is 10.3 Å². The van der Waals surface area contributed by atoms with Gasteiger partial charge in [0.05, 0.1) is 15.8 Å². The van der Waals surface area contributed by atoms with Crippen LogP contribution in [0.4, 0.5) is 9.80 Å². The molecule has 1 fully saturated rings. The van der Waals surface area contributed by atoms with Gasteiger partial charge in [-0.05, 0) is 49.3 Å². The second-order valence-corrected chi connectivity index (χ2v) is 8.67. The Bertz CT molecular complexity index is 1020. The number of hydrogen-bond donors (Lipinski definition) is 2. The zero-order valence-electron chi connectivity index (χ0n) is 15.5. The summed E-state index contributed by atoms with van der Waals surface area (Å²) in [5.74, 6) is -1.00. The van der Waals surface area contributed by atoms with Crippen LogP contribution in [0.1, 0.15) is 52.3 Å². The van der Waals surface area contributed by atoms with Crippen LogP contribution in [-0.4, -0.2) is 29.0 Å². The van der Waals surface area contributed by atoms with E-state index in [9.17, 15) is 14.4 Å². The molecule has 150 valence electrons. The van der Waals surface area contributed by atoms with Crippen LogP contribution in [0.3, 0.4) is 0 Å². The Balaban J connectivity index is 1.40. The molecule has 1 saturated carbocycles. The van der Waals surface area contributed by atoms with Gasteiger partial charge < -0.3 is 10.1 Å². The third kappa shape index (κ3) is 4.63. The van der Waals surface area contributed by atoms with E-state index >= 15 is 0 Å². The molecule has 29 heavy (non-hydrogen) atoms. The maximum Gasteiger partial charge on any atom is 0.414 e. The third-order valence-corrected chi connectivity index (χ3v) is 6.53. The minimum Gasteiger partial charge on any atom is -0.446 e. The van der Waals surface area contributed by atoms with E-state index in [-0.39, 0.29) is 11.7 Å². The lowest BCUT2D eigenvalue weighted by Crippen LogP contribution is -2.34. The van der Waals surface area contributed by atoms with E-state index in [1.165, 1.54) is 22.7 Å². The lowest BCUT2D eigenvalue weighted by Gasteiger charge is -2.21. The van der Waals surface area contributed by atoms with Gasteiger partial charge in [-0.15, -0.1) is 22.7 Å². The largest absolute Gasteiger partial charge is 0.446 e. The van der Waals surface area contributed by atoms with Gasteiger partial charge in [0.15, 0.2) is 5.01 Å². The molecule has 0 radical (unpaired) electrons. The van der Waals surface area contributed by atoms with Gasteiger partial charge in [-0.2, -0.15) is 0 Å². The van der Waals surface area contributed by atoms with Gasteiger partial charge >= 0.3 is 6.09 Å².